The summed E-state index contributed by atoms with van der Waals surface area (Å²) in [4.78, 5) is 1.03. The molecule has 0 fully saturated rings. The quantitative estimate of drug-likeness (QED) is 0.769. The number of hydrogen-bond acceptors (Lipinski definition) is 4. The highest BCUT2D eigenvalue weighted by Gasteiger charge is 2.07. The van der Waals surface area contributed by atoms with Crippen LogP contribution in [0.15, 0.2) is 23.1 Å². The number of hydrogen-bond donors (Lipinski definition) is 2. The van der Waals surface area contributed by atoms with E-state index in [4.69, 9.17) is 11.0 Å². The molecule has 0 radical (unpaired) electrons. The van der Waals surface area contributed by atoms with Crippen LogP contribution in [-0.2, 0) is 0 Å². The van der Waals surface area contributed by atoms with Crippen molar-refractivity contribution in [3.05, 3.63) is 23.8 Å². The van der Waals surface area contributed by atoms with E-state index in [0.29, 0.717) is 6.54 Å². The Morgan fingerprint density at radius 3 is 2.88 bits per heavy atom. The van der Waals surface area contributed by atoms with Crippen LogP contribution in [0.4, 0.5) is 5.69 Å². The second-order valence-corrected chi connectivity index (χ2v) is 4.89. The van der Waals surface area contributed by atoms with Crippen LogP contribution in [0.2, 0.25) is 0 Å². The lowest BCUT2D eigenvalue weighted by atomic mass is 10.2. The minimum Gasteiger partial charge on any atom is -0.382 e. The van der Waals surface area contributed by atoms with Crippen LogP contribution in [0.5, 0.6) is 0 Å². The lowest BCUT2D eigenvalue weighted by Crippen LogP contribution is -2.25. The van der Waals surface area contributed by atoms with Gasteiger partial charge in [0, 0.05) is 17.5 Å². The van der Waals surface area contributed by atoms with Crippen LogP contribution in [0.3, 0.4) is 0 Å². The Balaban J connectivity index is 2.91. The molecule has 4 heteroatoms. The zero-order valence-corrected chi connectivity index (χ0v) is 10.5. The summed E-state index contributed by atoms with van der Waals surface area (Å²) in [6.45, 7) is 4.69. The average molecular weight is 235 g/mol. The lowest BCUT2D eigenvalue weighted by Gasteiger charge is -2.12. The molecule has 0 saturated carbocycles. The SMILES string of the molecule is CCSc1cccc(NCC(C)N)c1C#N. The number of rotatable bonds is 5. The Morgan fingerprint density at radius 1 is 1.56 bits per heavy atom. The van der Waals surface area contributed by atoms with Crippen molar-refractivity contribution in [2.24, 2.45) is 5.73 Å². The third kappa shape index (κ3) is 3.44. The Kier molecular flexibility index (Phi) is 5.17. The predicted octanol–water partition coefficient (Wildman–Crippen LogP) is 2.43. The first-order valence-electron chi connectivity index (χ1n) is 5.34. The van der Waals surface area contributed by atoms with Crippen LogP contribution in [-0.4, -0.2) is 18.3 Å². The van der Waals surface area contributed by atoms with Crippen molar-refractivity contribution in [3.63, 3.8) is 0 Å². The van der Waals surface area contributed by atoms with Crippen molar-refractivity contribution in [1.82, 2.24) is 0 Å². The normalized spacial score (nSPS) is 11.9. The third-order valence-electron chi connectivity index (χ3n) is 2.05. The van der Waals surface area contributed by atoms with Gasteiger partial charge in [-0.05, 0) is 24.8 Å². The van der Waals surface area contributed by atoms with E-state index in [1.165, 1.54) is 0 Å². The van der Waals surface area contributed by atoms with Gasteiger partial charge in [0.05, 0.1) is 11.3 Å². The van der Waals surface area contributed by atoms with Gasteiger partial charge in [-0.2, -0.15) is 5.26 Å². The van der Waals surface area contributed by atoms with Gasteiger partial charge in [0.15, 0.2) is 0 Å². The molecule has 1 atom stereocenters. The maximum absolute atomic E-state index is 9.16. The molecule has 0 saturated heterocycles. The number of nitrogens with one attached hydrogen (secondary N) is 1. The molecule has 1 rings (SSSR count). The largest absolute Gasteiger partial charge is 0.382 e. The molecule has 0 aromatic heterocycles. The first kappa shape index (κ1) is 12.9. The van der Waals surface area contributed by atoms with Gasteiger partial charge in [-0.25, -0.2) is 0 Å². The van der Waals surface area contributed by atoms with E-state index in [0.717, 1.165) is 21.9 Å². The first-order valence-corrected chi connectivity index (χ1v) is 6.33. The van der Waals surface area contributed by atoms with Crippen LogP contribution >= 0.6 is 11.8 Å². The summed E-state index contributed by atoms with van der Waals surface area (Å²) in [5.41, 5.74) is 7.27. The predicted molar refractivity (Wildman–Crippen MR) is 69.7 cm³/mol. The van der Waals surface area contributed by atoms with E-state index in [9.17, 15) is 0 Å². The molecule has 0 aliphatic heterocycles. The summed E-state index contributed by atoms with van der Waals surface area (Å²) in [7, 11) is 0. The molecule has 3 N–H and O–H groups in total. The number of anilines is 1. The van der Waals surface area contributed by atoms with Gasteiger partial charge >= 0.3 is 0 Å². The molecule has 0 spiro atoms. The average Bonchev–Trinajstić information content (AvgIpc) is 2.27. The van der Waals surface area contributed by atoms with Crippen LogP contribution in [0, 0.1) is 11.3 Å². The summed E-state index contributed by atoms with van der Waals surface area (Å²) in [6, 6.07) is 8.18. The van der Waals surface area contributed by atoms with Gasteiger partial charge in [0.25, 0.3) is 0 Å². The zero-order valence-electron chi connectivity index (χ0n) is 9.66. The van der Waals surface area contributed by atoms with E-state index in [1.807, 2.05) is 25.1 Å². The molecule has 0 amide bonds. The highest BCUT2D eigenvalue weighted by molar-refractivity contribution is 7.99. The van der Waals surface area contributed by atoms with Crippen molar-refractivity contribution < 1.29 is 0 Å². The molecule has 0 aliphatic carbocycles. The topological polar surface area (TPSA) is 61.8 Å². The fraction of sp³-hybridized carbons (Fsp3) is 0.417. The lowest BCUT2D eigenvalue weighted by molar-refractivity contribution is 0.780. The molecular weight excluding hydrogens is 218 g/mol. The summed E-state index contributed by atoms with van der Waals surface area (Å²) in [5.74, 6) is 0.964. The maximum Gasteiger partial charge on any atom is 0.102 e. The number of nitriles is 1. The molecule has 1 aromatic carbocycles. The molecule has 86 valence electrons. The highest BCUT2D eigenvalue weighted by atomic mass is 32.2. The monoisotopic (exact) mass is 235 g/mol. The molecule has 0 bridgehead atoms. The number of nitrogens with two attached hydrogens (primary N) is 1. The Morgan fingerprint density at radius 2 is 2.31 bits per heavy atom. The Bertz CT molecular complexity index is 382. The Hall–Kier alpha value is -1.18. The minimum absolute atomic E-state index is 0.0778. The fourth-order valence-corrected chi connectivity index (χ4v) is 2.13. The van der Waals surface area contributed by atoms with Crippen molar-refractivity contribution in [3.8, 4) is 6.07 Å². The van der Waals surface area contributed by atoms with E-state index in [1.54, 1.807) is 11.8 Å². The van der Waals surface area contributed by atoms with Gasteiger partial charge in [0.1, 0.15) is 6.07 Å². The molecule has 16 heavy (non-hydrogen) atoms. The summed E-state index contributed by atoms with van der Waals surface area (Å²) in [6.07, 6.45) is 0. The van der Waals surface area contributed by atoms with Crippen molar-refractivity contribution >= 4 is 17.4 Å². The number of benzene rings is 1. The molecule has 0 aliphatic rings. The van der Waals surface area contributed by atoms with E-state index in [2.05, 4.69) is 18.3 Å². The van der Waals surface area contributed by atoms with E-state index < -0.39 is 0 Å². The number of nitrogens with zero attached hydrogens (tertiary/aromatic N) is 1. The highest BCUT2D eigenvalue weighted by Crippen LogP contribution is 2.27. The maximum atomic E-state index is 9.16. The molecule has 0 heterocycles. The third-order valence-corrected chi connectivity index (χ3v) is 2.99. The van der Waals surface area contributed by atoms with Crippen molar-refractivity contribution in [2.75, 3.05) is 17.6 Å². The summed E-state index contributed by atoms with van der Waals surface area (Å²) in [5, 5.41) is 12.4. The van der Waals surface area contributed by atoms with Gasteiger partial charge in [-0.1, -0.05) is 13.0 Å². The standard InChI is InChI=1S/C12H17N3S/c1-3-16-12-6-4-5-11(10(12)7-13)15-8-9(2)14/h4-6,9,15H,3,8,14H2,1-2H3. The van der Waals surface area contributed by atoms with Crippen LogP contribution in [0.25, 0.3) is 0 Å². The second kappa shape index (κ2) is 6.41. The van der Waals surface area contributed by atoms with Gasteiger partial charge in [0.2, 0.25) is 0 Å². The first-order chi connectivity index (χ1) is 7.69. The van der Waals surface area contributed by atoms with Gasteiger partial charge in [-0.3, -0.25) is 0 Å². The molecule has 1 aromatic rings. The second-order valence-electron chi connectivity index (χ2n) is 3.58. The Labute approximate surface area is 101 Å². The fourth-order valence-electron chi connectivity index (χ4n) is 1.34. The molecule has 1 unspecified atom stereocenters. The van der Waals surface area contributed by atoms with E-state index in [-0.39, 0.29) is 6.04 Å². The zero-order chi connectivity index (χ0) is 12.0. The smallest absolute Gasteiger partial charge is 0.102 e. The van der Waals surface area contributed by atoms with Gasteiger partial charge < -0.3 is 11.1 Å². The van der Waals surface area contributed by atoms with Crippen LogP contribution in [0.1, 0.15) is 19.4 Å². The number of thioether (sulfide) groups is 1. The van der Waals surface area contributed by atoms with Crippen LogP contribution < -0.4 is 11.1 Å². The minimum atomic E-state index is 0.0778. The molecule has 3 nitrogen and oxygen atoms in total. The van der Waals surface area contributed by atoms with Crippen molar-refractivity contribution in [2.45, 2.75) is 24.8 Å². The summed E-state index contributed by atoms with van der Waals surface area (Å²) >= 11 is 1.68. The molecular formula is C12H17N3S. The van der Waals surface area contributed by atoms with E-state index >= 15 is 0 Å². The van der Waals surface area contributed by atoms with Gasteiger partial charge in [-0.15, -0.1) is 11.8 Å². The van der Waals surface area contributed by atoms with Crippen molar-refractivity contribution in [1.29, 1.82) is 5.26 Å². The summed E-state index contributed by atoms with van der Waals surface area (Å²) < 4.78 is 0.